The van der Waals surface area contributed by atoms with Gasteiger partial charge in [0.2, 0.25) is 0 Å². The van der Waals surface area contributed by atoms with Crippen LogP contribution in [-0.2, 0) is 0 Å². The summed E-state index contributed by atoms with van der Waals surface area (Å²) in [5.41, 5.74) is 2.93. The fraction of sp³-hybridized carbons (Fsp3) is 0.350. The van der Waals surface area contributed by atoms with Crippen LogP contribution in [0, 0.1) is 5.82 Å². The van der Waals surface area contributed by atoms with Crippen LogP contribution < -0.4 is 15.5 Å². The molecule has 0 spiro atoms. The first-order valence-corrected chi connectivity index (χ1v) is 8.95. The van der Waals surface area contributed by atoms with E-state index in [0.29, 0.717) is 5.69 Å². The van der Waals surface area contributed by atoms with Crippen molar-refractivity contribution in [3.8, 4) is 0 Å². The predicted molar refractivity (Wildman–Crippen MR) is 104 cm³/mol. The fourth-order valence-electron chi connectivity index (χ4n) is 3.25. The Morgan fingerprint density at radius 3 is 2.92 bits per heavy atom. The molecule has 3 rings (SSSR count). The van der Waals surface area contributed by atoms with Gasteiger partial charge < -0.3 is 10.2 Å². The molecular formula is C20H26FN5. The molecule has 0 radical (unpaired) electrons. The van der Waals surface area contributed by atoms with Crippen LogP contribution in [0.3, 0.4) is 0 Å². The van der Waals surface area contributed by atoms with Gasteiger partial charge in [0.1, 0.15) is 0 Å². The third kappa shape index (κ3) is 4.39. The minimum absolute atomic E-state index is 0.217. The Morgan fingerprint density at radius 1 is 1.38 bits per heavy atom. The van der Waals surface area contributed by atoms with Gasteiger partial charge in [0, 0.05) is 57.0 Å². The van der Waals surface area contributed by atoms with Crippen LogP contribution in [0.1, 0.15) is 6.92 Å². The van der Waals surface area contributed by atoms with Crippen molar-refractivity contribution < 1.29 is 4.39 Å². The molecule has 1 aromatic rings. The van der Waals surface area contributed by atoms with E-state index >= 15 is 0 Å². The maximum Gasteiger partial charge on any atom is 0.164 e. The summed E-state index contributed by atoms with van der Waals surface area (Å²) >= 11 is 0. The zero-order chi connectivity index (χ0) is 18.4. The van der Waals surface area contributed by atoms with Crippen molar-refractivity contribution >= 4 is 5.69 Å². The van der Waals surface area contributed by atoms with E-state index < -0.39 is 0 Å². The topological polar surface area (TPSA) is 43.4 Å². The van der Waals surface area contributed by atoms with E-state index in [1.807, 2.05) is 18.4 Å². The SMILES string of the molecule is C=C/C=C1\NC=CC=C1C(C)NCN1CCN(c2ccncc2F)CC1. The fourth-order valence-corrected chi connectivity index (χ4v) is 3.25. The molecule has 3 heterocycles. The largest absolute Gasteiger partial charge is 0.367 e. The van der Waals surface area contributed by atoms with Crippen LogP contribution in [-0.4, -0.2) is 48.8 Å². The van der Waals surface area contributed by atoms with Gasteiger partial charge in [0.05, 0.1) is 11.9 Å². The molecule has 1 unspecified atom stereocenters. The number of halogens is 1. The lowest BCUT2D eigenvalue weighted by molar-refractivity contribution is 0.233. The molecule has 26 heavy (non-hydrogen) atoms. The van der Waals surface area contributed by atoms with E-state index in [0.717, 1.165) is 38.5 Å². The number of allylic oxidation sites excluding steroid dienone is 4. The maximum atomic E-state index is 13.9. The van der Waals surface area contributed by atoms with Crippen LogP contribution in [0.2, 0.25) is 0 Å². The van der Waals surface area contributed by atoms with E-state index in [1.165, 1.54) is 11.8 Å². The smallest absolute Gasteiger partial charge is 0.164 e. The molecule has 138 valence electrons. The molecule has 1 aromatic heterocycles. The van der Waals surface area contributed by atoms with Crippen molar-refractivity contribution in [1.29, 1.82) is 0 Å². The van der Waals surface area contributed by atoms with Crippen molar-refractivity contribution in [2.24, 2.45) is 0 Å². The monoisotopic (exact) mass is 355 g/mol. The molecule has 2 N–H and O–H groups in total. The average molecular weight is 355 g/mol. The highest BCUT2D eigenvalue weighted by Crippen LogP contribution is 2.19. The van der Waals surface area contributed by atoms with Crippen LogP contribution >= 0.6 is 0 Å². The summed E-state index contributed by atoms with van der Waals surface area (Å²) in [6, 6.07) is 1.96. The Labute approximate surface area is 154 Å². The molecule has 1 saturated heterocycles. The van der Waals surface area contributed by atoms with Gasteiger partial charge >= 0.3 is 0 Å². The number of rotatable bonds is 6. The summed E-state index contributed by atoms with van der Waals surface area (Å²) in [6.45, 7) is 10.2. The normalized spacial score (nSPS) is 20.6. The van der Waals surface area contributed by atoms with Crippen molar-refractivity contribution in [3.63, 3.8) is 0 Å². The lowest BCUT2D eigenvalue weighted by Crippen LogP contribution is -2.50. The second kappa shape index (κ2) is 8.78. The quantitative estimate of drug-likeness (QED) is 0.820. The Hall–Kier alpha value is -2.44. The van der Waals surface area contributed by atoms with Gasteiger partial charge in [-0.1, -0.05) is 18.7 Å². The molecule has 2 aliphatic heterocycles. The number of hydrogen-bond donors (Lipinski definition) is 2. The highest BCUT2D eigenvalue weighted by molar-refractivity contribution is 5.46. The lowest BCUT2D eigenvalue weighted by atomic mass is 10.0. The van der Waals surface area contributed by atoms with Crippen molar-refractivity contribution in [3.05, 3.63) is 72.6 Å². The third-order valence-corrected chi connectivity index (χ3v) is 4.76. The zero-order valence-corrected chi connectivity index (χ0v) is 15.2. The number of hydrogen-bond acceptors (Lipinski definition) is 5. The first-order valence-electron chi connectivity index (χ1n) is 8.95. The second-order valence-corrected chi connectivity index (χ2v) is 6.46. The van der Waals surface area contributed by atoms with Gasteiger partial charge in [-0.2, -0.15) is 0 Å². The van der Waals surface area contributed by atoms with E-state index in [2.05, 4.69) is 45.0 Å². The summed E-state index contributed by atoms with van der Waals surface area (Å²) in [5, 5.41) is 6.84. The Morgan fingerprint density at radius 2 is 2.19 bits per heavy atom. The summed E-state index contributed by atoms with van der Waals surface area (Å²) < 4.78 is 13.9. The van der Waals surface area contributed by atoms with E-state index in [9.17, 15) is 4.39 Å². The first-order chi connectivity index (χ1) is 12.7. The van der Waals surface area contributed by atoms with Gasteiger partial charge in [-0.15, -0.1) is 0 Å². The molecule has 1 atom stereocenters. The predicted octanol–water partition coefficient (Wildman–Crippen LogP) is 2.39. The number of nitrogens with one attached hydrogen (secondary N) is 2. The van der Waals surface area contributed by atoms with Gasteiger partial charge in [0.15, 0.2) is 5.82 Å². The highest BCUT2D eigenvalue weighted by atomic mass is 19.1. The summed E-state index contributed by atoms with van der Waals surface area (Å²) in [6.07, 6.45) is 12.7. The molecule has 2 aliphatic rings. The molecule has 0 saturated carbocycles. The maximum absolute atomic E-state index is 13.9. The standard InChI is InChI=1S/C20H26FN5/c1-3-5-19-17(6-4-8-23-19)16(2)24-15-25-10-12-26(13-11-25)20-7-9-22-14-18(20)21/h3-9,14,16,23-24H,1,10-13,15H2,2H3/b19-5-. The highest BCUT2D eigenvalue weighted by Gasteiger charge is 2.20. The van der Waals surface area contributed by atoms with Crippen molar-refractivity contribution in [2.45, 2.75) is 13.0 Å². The Bertz CT molecular complexity index is 717. The van der Waals surface area contributed by atoms with Crippen LogP contribution in [0.5, 0.6) is 0 Å². The number of dihydropyridines is 1. The molecule has 0 amide bonds. The Balaban J connectivity index is 1.50. The first kappa shape index (κ1) is 18.4. The number of nitrogens with zero attached hydrogens (tertiary/aromatic N) is 3. The average Bonchev–Trinajstić information content (AvgIpc) is 2.68. The van der Waals surface area contributed by atoms with Gasteiger partial charge in [-0.25, -0.2) is 4.39 Å². The molecule has 0 bridgehead atoms. The summed E-state index contributed by atoms with van der Waals surface area (Å²) in [5.74, 6) is -0.251. The van der Waals surface area contributed by atoms with Crippen LogP contribution in [0.4, 0.5) is 10.1 Å². The molecule has 1 fully saturated rings. The molecule has 0 aliphatic carbocycles. The van der Waals surface area contributed by atoms with E-state index in [4.69, 9.17) is 0 Å². The van der Waals surface area contributed by atoms with Crippen molar-refractivity contribution in [2.75, 3.05) is 37.7 Å². The Kier molecular flexibility index (Phi) is 6.20. The summed E-state index contributed by atoms with van der Waals surface area (Å²) in [7, 11) is 0. The molecule has 6 heteroatoms. The van der Waals surface area contributed by atoms with Gasteiger partial charge in [0.25, 0.3) is 0 Å². The van der Waals surface area contributed by atoms with Gasteiger partial charge in [-0.3, -0.25) is 15.2 Å². The summed E-state index contributed by atoms with van der Waals surface area (Å²) in [4.78, 5) is 8.26. The third-order valence-electron chi connectivity index (χ3n) is 4.76. The zero-order valence-electron chi connectivity index (χ0n) is 15.2. The number of piperazine rings is 1. The molecule has 5 nitrogen and oxygen atoms in total. The molecule has 0 aromatic carbocycles. The van der Waals surface area contributed by atoms with Crippen molar-refractivity contribution in [1.82, 2.24) is 20.5 Å². The van der Waals surface area contributed by atoms with Crippen LogP contribution in [0.25, 0.3) is 0 Å². The van der Waals surface area contributed by atoms with Gasteiger partial charge in [-0.05, 0) is 30.7 Å². The second-order valence-electron chi connectivity index (χ2n) is 6.46. The van der Waals surface area contributed by atoms with Crippen LogP contribution in [0.15, 0.2) is 66.8 Å². The number of aromatic nitrogens is 1. The molecular weight excluding hydrogens is 329 g/mol. The minimum atomic E-state index is -0.251. The van der Waals surface area contributed by atoms with E-state index in [-0.39, 0.29) is 11.9 Å². The number of anilines is 1. The lowest BCUT2D eigenvalue weighted by Gasteiger charge is -2.37. The van der Waals surface area contributed by atoms with E-state index in [1.54, 1.807) is 18.3 Å². The minimum Gasteiger partial charge on any atom is -0.367 e. The number of pyridine rings is 1.